The normalized spacial score (nSPS) is 13.5. The van der Waals surface area contributed by atoms with Crippen LogP contribution in [0.5, 0.6) is 0 Å². The summed E-state index contributed by atoms with van der Waals surface area (Å²) in [5, 5.41) is 7.97. The first kappa shape index (κ1) is 18.4. The molecule has 0 spiro atoms. The van der Waals surface area contributed by atoms with Crippen LogP contribution in [0.4, 0.5) is 0 Å². The number of fused-ring (bicyclic) bond motifs is 1. The Bertz CT molecular complexity index is 1070. The van der Waals surface area contributed by atoms with Gasteiger partial charge in [0.2, 0.25) is 0 Å². The predicted molar refractivity (Wildman–Crippen MR) is 107 cm³/mol. The molecule has 3 heterocycles. The molecule has 0 aliphatic carbocycles. The Balaban J connectivity index is 1.48. The van der Waals surface area contributed by atoms with E-state index in [-0.39, 0.29) is 18.4 Å². The van der Waals surface area contributed by atoms with Crippen molar-refractivity contribution in [3.8, 4) is 10.6 Å². The first-order chi connectivity index (χ1) is 13.4. The van der Waals surface area contributed by atoms with Crippen LogP contribution >= 0.6 is 11.3 Å². The maximum atomic E-state index is 12.6. The van der Waals surface area contributed by atoms with Gasteiger partial charge in [-0.05, 0) is 19.4 Å². The molecular formula is C20H21N5O2S. The summed E-state index contributed by atoms with van der Waals surface area (Å²) in [5.74, 6) is -0.270. The van der Waals surface area contributed by atoms with E-state index in [1.807, 2.05) is 19.1 Å². The van der Waals surface area contributed by atoms with Crippen molar-refractivity contribution >= 4 is 23.2 Å². The van der Waals surface area contributed by atoms with E-state index in [2.05, 4.69) is 28.4 Å². The van der Waals surface area contributed by atoms with E-state index in [0.717, 1.165) is 21.7 Å². The monoisotopic (exact) mass is 395 g/mol. The zero-order chi connectivity index (χ0) is 19.8. The number of hydrogen-bond donors (Lipinski definition) is 1. The van der Waals surface area contributed by atoms with Crippen molar-refractivity contribution in [3.63, 3.8) is 0 Å². The lowest BCUT2D eigenvalue weighted by molar-refractivity contribution is 0.0740. The van der Waals surface area contributed by atoms with Gasteiger partial charge in [0.05, 0.1) is 18.9 Å². The summed E-state index contributed by atoms with van der Waals surface area (Å²) in [4.78, 5) is 31.6. The lowest BCUT2D eigenvalue weighted by Gasteiger charge is -2.24. The van der Waals surface area contributed by atoms with Gasteiger partial charge in [-0.15, -0.1) is 11.3 Å². The van der Waals surface area contributed by atoms with Crippen LogP contribution in [-0.4, -0.2) is 45.1 Å². The van der Waals surface area contributed by atoms with Crippen LogP contribution < -0.4 is 5.32 Å². The SMILES string of the molecule is Cc1ccc(-c2ncc(C(=O)NCc3cnn4c3C(=O)N(C)CC4)s2)c(C)c1. The Labute approximate surface area is 167 Å². The summed E-state index contributed by atoms with van der Waals surface area (Å²) in [6.07, 6.45) is 3.25. The number of aryl methyl sites for hydroxylation is 2. The van der Waals surface area contributed by atoms with E-state index >= 15 is 0 Å². The fourth-order valence-electron chi connectivity index (χ4n) is 3.32. The van der Waals surface area contributed by atoms with E-state index in [4.69, 9.17) is 0 Å². The second kappa shape index (κ2) is 7.20. The van der Waals surface area contributed by atoms with Gasteiger partial charge in [0, 0.05) is 31.3 Å². The molecule has 1 N–H and O–H groups in total. The van der Waals surface area contributed by atoms with Gasteiger partial charge in [0.1, 0.15) is 15.6 Å². The van der Waals surface area contributed by atoms with E-state index < -0.39 is 0 Å². The van der Waals surface area contributed by atoms with Crippen LogP contribution in [0, 0.1) is 13.8 Å². The lowest BCUT2D eigenvalue weighted by atomic mass is 10.1. The number of likely N-dealkylation sites (N-methyl/N-ethyl adjacent to an activating group) is 1. The van der Waals surface area contributed by atoms with Crippen LogP contribution in [0.3, 0.4) is 0 Å². The quantitative estimate of drug-likeness (QED) is 0.736. The summed E-state index contributed by atoms with van der Waals surface area (Å²) >= 11 is 1.36. The topological polar surface area (TPSA) is 80.1 Å². The van der Waals surface area contributed by atoms with E-state index in [1.54, 1.807) is 29.0 Å². The highest BCUT2D eigenvalue weighted by atomic mass is 32.1. The Morgan fingerprint density at radius 3 is 2.86 bits per heavy atom. The van der Waals surface area contributed by atoms with Gasteiger partial charge in [-0.2, -0.15) is 5.10 Å². The van der Waals surface area contributed by atoms with Crippen LogP contribution in [0.25, 0.3) is 10.6 Å². The number of hydrogen-bond acceptors (Lipinski definition) is 5. The molecule has 3 aromatic rings. The van der Waals surface area contributed by atoms with Crippen molar-refractivity contribution in [1.29, 1.82) is 0 Å². The average molecular weight is 395 g/mol. The lowest BCUT2D eigenvalue weighted by Crippen LogP contribution is -2.38. The van der Waals surface area contributed by atoms with Crippen molar-refractivity contribution in [3.05, 3.63) is 57.9 Å². The number of nitrogens with zero attached hydrogens (tertiary/aromatic N) is 4. The molecule has 0 radical (unpaired) electrons. The minimum atomic E-state index is -0.204. The minimum absolute atomic E-state index is 0.0667. The van der Waals surface area contributed by atoms with E-state index in [9.17, 15) is 9.59 Å². The molecule has 2 aromatic heterocycles. The molecule has 1 aliphatic rings. The number of carbonyl (C=O) groups is 2. The highest BCUT2D eigenvalue weighted by molar-refractivity contribution is 7.16. The number of thiazole rings is 1. The number of amides is 2. The molecule has 4 rings (SSSR count). The van der Waals surface area contributed by atoms with Crippen molar-refractivity contribution in [2.45, 2.75) is 26.9 Å². The Morgan fingerprint density at radius 2 is 2.07 bits per heavy atom. The van der Waals surface area contributed by atoms with E-state index in [0.29, 0.717) is 23.7 Å². The molecule has 0 saturated heterocycles. The number of benzene rings is 1. The first-order valence-electron chi connectivity index (χ1n) is 9.06. The Morgan fingerprint density at radius 1 is 1.25 bits per heavy atom. The maximum absolute atomic E-state index is 12.6. The summed E-state index contributed by atoms with van der Waals surface area (Å²) in [5.41, 5.74) is 4.64. The van der Waals surface area contributed by atoms with Gasteiger partial charge in [-0.1, -0.05) is 23.8 Å². The van der Waals surface area contributed by atoms with Crippen LogP contribution in [-0.2, 0) is 13.1 Å². The summed E-state index contributed by atoms with van der Waals surface area (Å²) in [6, 6.07) is 6.18. The summed E-state index contributed by atoms with van der Waals surface area (Å²) in [7, 11) is 1.77. The van der Waals surface area contributed by atoms with Gasteiger partial charge in [-0.25, -0.2) is 4.98 Å². The highest BCUT2D eigenvalue weighted by Crippen LogP contribution is 2.28. The smallest absolute Gasteiger partial charge is 0.272 e. The Kier molecular flexibility index (Phi) is 4.72. The molecule has 1 aliphatic heterocycles. The third-order valence-corrected chi connectivity index (χ3v) is 5.92. The number of rotatable bonds is 4. The molecule has 28 heavy (non-hydrogen) atoms. The fraction of sp³-hybridized carbons (Fsp3) is 0.300. The standard InChI is InChI=1S/C20H21N5O2S/c1-12-4-5-15(13(2)8-12)19-22-11-16(28-19)18(26)21-9-14-10-23-25-7-6-24(3)20(27)17(14)25/h4-5,8,10-11H,6-7,9H2,1-3H3,(H,21,26). The van der Waals surface area contributed by atoms with Gasteiger partial charge in [0.25, 0.3) is 11.8 Å². The van der Waals surface area contributed by atoms with E-state index in [1.165, 1.54) is 16.9 Å². The molecule has 0 fully saturated rings. The molecule has 144 valence electrons. The zero-order valence-corrected chi connectivity index (χ0v) is 16.8. The number of carbonyl (C=O) groups excluding carboxylic acids is 2. The average Bonchev–Trinajstić information content (AvgIpc) is 3.30. The number of nitrogens with one attached hydrogen (secondary N) is 1. The van der Waals surface area contributed by atoms with Crippen LogP contribution in [0.2, 0.25) is 0 Å². The van der Waals surface area contributed by atoms with Crippen LogP contribution in [0.15, 0.2) is 30.6 Å². The molecule has 7 nitrogen and oxygen atoms in total. The molecule has 0 atom stereocenters. The van der Waals surface area contributed by atoms with Crippen molar-refractivity contribution in [2.75, 3.05) is 13.6 Å². The van der Waals surface area contributed by atoms with Gasteiger partial charge >= 0.3 is 0 Å². The second-order valence-electron chi connectivity index (χ2n) is 7.00. The third-order valence-electron chi connectivity index (χ3n) is 4.89. The van der Waals surface area contributed by atoms with Crippen LogP contribution in [0.1, 0.15) is 36.9 Å². The molecule has 0 bridgehead atoms. The largest absolute Gasteiger partial charge is 0.347 e. The van der Waals surface area contributed by atoms with Gasteiger partial charge < -0.3 is 10.2 Å². The summed E-state index contributed by atoms with van der Waals surface area (Å²) < 4.78 is 1.70. The molecule has 0 unspecified atom stereocenters. The molecule has 0 saturated carbocycles. The van der Waals surface area contributed by atoms with Gasteiger partial charge in [-0.3, -0.25) is 14.3 Å². The van der Waals surface area contributed by atoms with Gasteiger partial charge in [0.15, 0.2) is 0 Å². The second-order valence-corrected chi connectivity index (χ2v) is 8.03. The fourth-order valence-corrected chi connectivity index (χ4v) is 4.24. The molecular weight excluding hydrogens is 374 g/mol. The minimum Gasteiger partial charge on any atom is -0.347 e. The number of aromatic nitrogens is 3. The predicted octanol–water partition coefficient (Wildman–Crippen LogP) is 2.64. The zero-order valence-electron chi connectivity index (χ0n) is 16.0. The highest BCUT2D eigenvalue weighted by Gasteiger charge is 2.26. The van der Waals surface area contributed by atoms with Crippen molar-refractivity contribution in [2.24, 2.45) is 0 Å². The molecule has 2 amide bonds. The van der Waals surface area contributed by atoms with Crippen molar-refractivity contribution < 1.29 is 9.59 Å². The molecule has 8 heteroatoms. The Hall–Kier alpha value is -3.00. The van der Waals surface area contributed by atoms with Crippen molar-refractivity contribution in [1.82, 2.24) is 25.0 Å². The molecule has 1 aromatic carbocycles. The first-order valence-corrected chi connectivity index (χ1v) is 9.87. The third kappa shape index (κ3) is 3.31. The summed E-state index contributed by atoms with van der Waals surface area (Å²) in [6.45, 7) is 5.65. The maximum Gasteiger partial charge on any atom is 0.272 e.